The van der Waals surface area contributed by atoms with Gasteiger partial charge in [0.2, 0.25) is 5.91 Å². The molecule has 29 heavy (non-hydrogen) atoms. The third kappa shape index (κ3) is 3.54. The molecule has 0 fully saturated rings. The summed E-state index contributed by atoms with van der Waals surface area (Å²) in [5.74, 6) is -1.84. The van der Waals surface area contributed by atoms with Gasteiger partial charge in [0.1, 0.15) is 17.6 Å². The fraction of sp³-hybridized carbons (Fsp3) is 0.150. The van der Waals surface area contributed by atoms with Crippen molar-refractivity contribution in [3.63, 3.8) is 0 Å². The van der Waals surface area contributed by atoms with Gasteiger partial charge in [-0.3, -0.25) is 9.59 Å². The maximum atomic E-state index is 13.3. The lowest BCUT2D eigenvalue weighted by Crippen LogP contribution is -2.23. The Morgan fingerprint density at radius 3 is 2.83 bits per heavy atom. The van der Waals surface area contributed by atoms with Gasteiger partial charge in [0.15, 0.2) is 11.6 Å². The van der Waals surface area contributed by atoms with Gasteiger partial charge in [0, 0.05) is 17.3 Å². The van der Waals surface area contributed by atoms with E-state index in [-0.39, 0.29) is 18.0 Å². The fourth-order valence-electron chi connectivity index (χ4n) is 3.18. The molecule has 1 aliphatic rings. The van der Waals surface area contributed by atoms with E-state index in [0.717, 1.165) is 17.7 Å². The van der Waals surface area contributed by atoms with Gasteiger partial charge in [-0.25, -0.2) is 13.5 Å². The van der Waals surface area contributed by atoms with Crippen molar-refractivity contribution in [1.29, 1.82) is 0 Å². The Bertz CT molecular complexity index is 1110. The Morgan fingerprint density at radius 2 is 2.07 bits per heavy atom. The maximum absolute atomic E-state index is 13.3. The summed E-state index contributed by atoms with van der Waals surface area (Å²) in [4.78, 5) is 24.7. The first-order valence-electron chi connectivity index (χ1n) is 8.74. The van der Waals surface area contributed by atoms with Gasteiger partial charge in [-0.15, -0.1) is 0 Å². The van der Waals surface area contributed by atoms with Crippen molar-refractivity contribution in [2.45, 2.75) is 12.5 Å². The smallest absolute Gasteiger partial charge is 0.251 e. The predicted octanol–water partition coefficient (Wildman–Crippen LogP) is 3.36. The summed E-state index contributed by atoms with van der Waals surface area (Å²) in [6.45, 7) is 0. The minimum atomic E-state index is -1.07. The molecule has 1 aliphatic heterocycles. The zero-order chi connectivity index (χ0) is 20.5. The number of rotatable bonds is 5. The van der Waals surface area contributed by atoms with E-state index < -0.39 is 23.6 Å². The van der Waals surface area contributed by atoms with Gasteiger partial charge in [-0.2, -0.15) is 5.10 Å². The highest BCUT2D eigenvalue weighted by atomic mass is 19.2. The zero-order valence-electron chi connectivity index (χ0n) is 15.3. The van der Waals surface area contributed by atoms with Crippen LogP contribution in [0.4, 0.5) is 20.3 Å². The zero-order valence-corrected chi connectivity index (χ0v) is 15.3. The molecule has 4 rings (SSSR count). The molecule has 1 unspecified atom stereocenters. The number of benzene rings is 2. The molecule has 2 N–H and O–H groups in total. The van der Waals surface area contributed by atoms with Crippen molar-refractivity contribution in [2.75, 3.05) is 17.7 Å². The van der Waals surface area contributed by atoms with Crippen LogP contribution in [0.2, 0.25) is 0 Å². The molecule has 0 spiro atoms. The number of halogens is 2. The molecule has 0 saturated heterocycles. The molecule has 2 heterocycles. The summed E-state index contributed by atoms with van der Waals surface area (Å²) in [6.07, 6.45) is 1.39. The van der Waals surface area contributed by atoms with Crippen LogP contribution in [0.15, 0.2) is 48.7 Å². The molecule has 3 aromatic rings. The van der Waals surface area contributed by atoms with E-state index >= 15 is 0 Å². The Kier molecular flexibility index (Phi) is 4.71. The molecular formula is C20H16F2N4O3. The number of methoxy groups -OCH3 is 1. The van der Waals surface area contributed by atoms with Gasteiger partial charge >= 0.3 is 0 Å². The lowest BCUT2D eigenvalue weighted by Gasteiger charge is -2.10. The van der Waals surface area contributed by atoms with Gasteiger partial charge in [-0.05, 0) is 29.8 Å². The lowest BCUT2D eigenvalue weighted by atomic mass is 10.1. The molecule has 7 nitrogen and oxygen atoms in total. The van der Waals surface area contributed by atoms with Gasteiger partial charge in [0.25, 0.3) is 5.91 Å². The number of aromatic nitrogens is 2. The van der Waals surface area contributed by atoms with E-state index in [0.29, 0.717) is 17.1 Å². The van der Waals surface area contributed by atoms with Gasteiger partial charge < -0.3 is 15.4 Å². The van der Waals surface area contributed by atoms with Gasteiger partial charge in [0.05, 0.1) is 19.7 Å². The van der Waals surface area contributed by atoms with Crippen molar-refractivity contribution in [2.24, 2.45) is 0 Å². The molecular weight excluding hydrogens is 382 g/mol. The van der Waals surface area contributed by atoms with Crippen molar-refractivity contribution < 1.29 is 23.1 Å². The molecule has 148 valence electrons. The Hall–Kier alpha value is -3.75. The molecule has 9 heteroatoms. The highest BCUT2D eigenvalue weighted by molar-refractivity contribution is 6.04. The van der Waals surface area contributed by atoms with Gasteiger partial charge in [-0.1, -0.05) is 12.1 Å². The molecule has 0 saturated carbocycles. The largest absolute Gasteiger partial charge is 0.497 e. The van der Waals surface area contributed by atoms with Crippen LogP contribution in [0.5, 0.6) is 5.75 Å². The first-order valence-corrected chi connectivity index (χ1v) is 8.74. The van der Waals surface area contributed by atoms with E-state index in [4.69, 9.17) is 4.74 Å². The minimum absolute atomic E-state index is 0.102. The Balaban J connectivity index is 1.53. The fourth-order valence-corrected chi connectivity index (χ4v) is 3.18. The first-order chi connectivity index (χ1) is 14.0. The monoisotopic (exact) mass is 398 g/mol. The molecule has 0 bridgehead atoms. The standard InChI is InChI=1S/C20H16F2N4O3/c1-29-13-4-2-3-11(7-13)14-10-23-26-17(20(28)25-19(14)26)9-18(27)24-12-5-6-15(21)16(22)8-12/h2-8,10,17H,9H2,1H3,(H,24,27)(H,25,28). The molecule has 1 atom stereocenters. The number of carbonyl (C=O) groups is 2. The van der Waals surface area contributed by atoms with E-state index in [1.807, 2.05) is 18.2 Å². The van der Waals surface area contributed by atoms with Crippen LogP contribution in [-0.4, -0.2) is 28.7 Å². The number of nitrogens with one attached hydrogen (secondary N) is 2. The number of anilines is 2. The normalized spacial score (nSPS) is 15.0. The summed E-state index contributed by atoms with van der Waals surface area (Å²) in [5, 5.41) is 9.46. The van der Waals surface area contributed by atoms with Crippen LogP contribution >= 0.6 is 0 Å². The summed E-state index contributed by atoms with van der Waals surface area (Å²) in [6, 6.07) is 9.48. The average molecular weight is 398 g/mol. The highest BCUT2D eigenvalue weighted by Gasteiger charge is 2.35. The Morgan fingerprint density at radius 1 is 1.24 bits per heavy atom. The SMILES string of the molecule is COc1cccc(-c2cnn3c2NC(=O)C3CC(=O)Nc2ccc(F)c(F)c2)c1. The van der Waals surface area contributed by atoms with E-state index in [1.165, 1.54) is 10.7 Å². The summed E-state index contributed by atoms with van der Waals surface area (Å²) in [5.41, 5.74) is 1.60. The highest BCUT2D eigenvalue weighted by Crippen LogP contribution is 2.36. The number of fused-ring (bicyclic) bond motifs is 1. The second-order valence-corrected chi connectivity index (χ2v) is 6.47. The molecule has 2 aromatic carbocycles. The van der Waals surface area contributed by atoms with Crippen LogP contribution in [-0.2, 0) is 9.59 Å². The second kappa shape index (κ2) is 7.34. The number of ether oxygens (including phenoxy) is 1. The van der Waals surface area contributed by atoms with E-state index in [9.17, 15) is 18.4 Å². The molecule has 2 amide bonds. The molecule has 0 radical (unpaired) electrons. The third-order valence-electron chi connectivity index (χ3n) is 4.60. The van der Waals surface area contributed by atoms with Crippen molar-refractivity contribution in [3.05, 3.63) is 60.3 Å². The summed E-state index contributed by atoms with van der Waals surface area (Å²) >= 11 is 0. The van der Waals surface area contributed by atoms with Crippen LogP contribution < -0.4 is 15.4 Å². The third-order valence-corrected chi connectivity index (χ3v) is 4.60. The number of hydrogen-bond donors (Lipinski definition) is 2. The lowest BCUT2D eigenvalue weighted by molar-refractivity contribution is -0.123. The summed E-state index contributed by atoms with van der Waals surface area (Å²) < 4.78 is 33.0. The average Bonchev–Trinajstić information content (AvgIpc) is 3.24. The maximum Gasteiger partial charge on any atom is 0.251 e. The van der Waals surface area contributed by atoms with Crippen molar-refractivity contribution >= 4 is 23.3 Å². The molecule has 1 aromatic heterocycles. The van der Waals surface area contributed by atoms with Crippen LogP contribution in [0, 0.1) is 11.6 Å². The number of carbonyl (C=O) groups excluding carboxylic acids is 2. The quantitative estimate of drug-likeness (QED) is 0.690. The number of nitrogens with zero attached hydrogens (tertiary/aromatic N) is 2. The topological polar surface area (TPSA) is 85.2 Å². The Labute approximate surface area is 164 Å². The minimum Gasteiger partial charge on any atom is -0.497 e. The van der Waals surface area contributed by atoms with E-state index in [2.05, 4.69) is 15.7 Å². The number of amides is 2. The summed E-state index contributed by atoms with van der Waals surface area (Å²) in [7, 11) is 1.56. The van der Waals surface area contributed by atoms with Crippen LogP contribution in [0.25, 0.3) is 11.1 Å². The predicted molar refractivity (Wildman–Crippen MR) is 101 cm³/mol. The van der Waals surface area contributed by atoms with Crippen LogP contribution in [0.1, 0.15) is 12.5 Å². The van der Waals surface area contributed by atoms with E-state index in [1.54, 1.807) is 19.4 Å². The first kappa shape index (κ1) is 18.6. The second-order valence-electron chi connectivity index (χ2n) is 6.47. The molecule has 0 aliphatic carbocycles. The van der Waals surface area contributed by atoms with Crippen molar-refractivity contribution in [1.82, 2.24) is 9.78 Å². The number of hydrogen-bond acceptors (Lipinski definition) is 4. The van der Waals surface area contributed by atoms with Crippen LogP contribution in [0.3, 0.4) is 0 Å². The van der Waals surface area contributed by atoms with Crippen molar-refractivity contribution in [3.8, 4) is 16.9 Å².